The summed E-state index contributed by atoms with van der Waals surface area (Å²) in [4.78, 5) is 28.6. The van der Waals surface area contributed by atoms with Crippen LogP contribution in [0.15, 0.2) is 49.1 Å². The summed E-state index contributed by atoms with van der Waals surface area (Å²) in [7, 11) is 4.79. The number of ether oxygens (including phenoxy) is 1. The van der Waals surface area contributed by atoms with Crippen molar-refractivity contribution in [1.82, 2.24) is 24.4 Å². The van der Waals surface area contributed by atoms with Crippen molar-refractivity contribution in [2.24, 2.45) is 0 Å². The molecule has 1 amide bonds. The van der Waals surface area contributed by atoms with Crippen molar-refractivity contribution in [1.29, 1.82) is 0 Å². The summed E-state index contributed by atoms with van der Waals surface area (Å²) in [6.45, 7) is 1.51. The van der Waals surface area contributed by atoms with Crippen LogP contribution in [0.3, 0.4) is 0 Å². The number of benzene rings is 1. The van der Waals surface area contributed by atoms with E-state index >= 15 is 4.39 Å². The van der Waals surface area contributed by atoms with E-state index in [1.807, 2.05) is 16.7 Å². The van der Waals surface area contributed by atoms with Gasteiger partial charge >= 0.3 is 0 Å². The lowest BCUT2D eigenvalue weighted by Gasteiger charge is -2.33. The summed E-state index contributed by atoms with van der Waals surface area (Å²) in [5.41, 5.74) is 0.744. The maximum atomic E-state index is 15.2. The van der Waals surface area contributed by atoms with Crippen molar-refractivity contribution in [3.8, 4) is 5.75 Å². The fraction of sp³-hybridized carbons (Fsp3) is 0.308. The monoisotopic (exact) mass is 507 g/mol. The van der Waals surface area contributed by atoms with Gasteiger partial charge in [0.2, 0.25) is 0 Å². The van der Waals surface area contributed by atoms with Gasteiger partial charge in [-0.05, 0) is 43.2 Å². The zero-order valence-corrected chi connectivity index (χ0v) is 20.8. The lowest BCUT2D eigenvalue weighted by Crippen LogP contribution is -2.35. The van der Waals surface area contributed by atoms with Crippen molar-refractivity contribution in [2.45, 2.75) is 18.9 Å². The molecule has 37 heavy (non-hydrogen) atoms. The van der Waals surface area contributed by atoms with Crippen molar-refractivity contribution in [3.63, 3.8) is 0 Å². The molecule has 1 fully saturated rings. The number of hydrogen-bond donors (Lipinski definition) is 1. The Labute approximate surface area is 212 Å². The zero-order chi connectivity index (χ0) is 26.1. The highest BCUT2D eigenvalue weighted by atomic mass is 19.1. The number of anilines is 3. The van der Waals surface area contributed by atoms with Crippen LogP contribution in [-0.2, 0) is 0 Å². The Morgan fingerprint density at radius 1 is 1.08 bits per heavy atom. The van der Waals surface area contributed by atoms with Gasteiger partial charge in [-0.1, -0.05) is 0 Å². The molecule has 9 nitrogen and oxygen atoms in total. The number of nitrogens with zero attached hydrogens (tertiary/aromatic N) is 6. The molecule has 11 heteroatoms. The fourth-order valence-corrected chi connectivity index (χ4v) is 4.60. The van der Waals surface area contributed by atoms with E-state index in [-0.39, 0.29) is 34.4 Å². The molecular formula is C26H27F2N7O2. The highest BCUT2D eigenvalue weighted by molar-refractivity contribution is 5.95. The second-order valence-corrected chi connectivity index (χ2v) is 9.10. The van der Waals surface area contributed by atoms with Gasteiger partial charge in [-0.3, -0.25) is 4.79 Å². The van der Waals surface area contributed by atoms with Crippen molar-refractivity contribution in [2.75, 3.05) is 44.5 Å². The molecule has 0 radical (unpaired) electrons. The van der Waals surface area contributed by atoms with E-state index in [9.17, 15) is 9.18 Å². The Hall–Kier alpha value is -4.28. The molecule has 0 atom stereocenters. The number of amides is 1. The predicted octanol–water partition coefficient (Wildman–Crippen LogP) is 4.40. The number of aromatic nitrogens is 4. The van der Waals surface area contributed by atoms with E-state index in [2.05, 4.69) is 25.2 Å². The number of nitrogens with one attached hydrogen (secondary N) is 1. The highest BCUT2D eigenvalue weighted by Gasteiger charge is 2.25. The summed E-state index contributed by atoms with van der Waals surface area (Å²) >= 11 is 0. The zero-order valence-electron chi connectivity index (χ0n) is 20.8. The second-order valence-electron chi connectivity index (χ2n) is 9.10. The SMILES string of the molecule is COc1ccc(N2CCC(n3cc(F)c4c(Nc5ccc(C(=O)N(C)C)cc5F)ncnc43)CC2)nc1. The average molecular weight is 508 g/mol. The van der Waals surface area contributed by atoms with Crippen molar-refractivity contribution < 1.29 is 18.3 Å². The predicted molar refractivity (Wildman–Crippen MR) is 136 cm³/mol. The molecule has 1 aliphatic heterocycles. The first-order valence-electron chi connectivity index (χ1n) is 11.9. The third kappa shape index (κ3) is 4.76. The molecule has 1 aliphatic rings. The molecule has 5 rings (SSSR count). The number of fused-ring (bicyclic) bond motifs is 1. The first-order valence-corrected chi connectivity index (χ1v) is 11.9. The topological polar surface area (TPSA) is 88.4 Å². The smallest absolute Gasteiger partial charge is 0.253 e. The molecule has 1 N–H and O–H groups in total. The van der Waals surface area contributed by atoms with Gasteiger partial charge in [-0.25, -0.2) is 23.7 Å². The molecule has 0 bridgehead atoms. The van der Waals surface area contributed by atoms with Crippen LogP contribution in [0.4, 0.5) is 26.1 Å². The molecule has 1 saturated heterocycles. The largest absolute Gasteiger partial charge is 0.495 e. The first kappa shape index (κ1) is 24.4. The van der Waals surface area contributed by atoms with Crippen LogP contribution in [0.25, 0.3) is 11.0 Å². The maximum absolute atomic E-state index is 15.2. The minimum absolute atomic E-state index is 0.0392. The van der Waals surface area contributed by atoms with Gasteiger partial charge in [-0.2, -0.15) is 0 Å². The van der Waals surface area contributed by atoms with Crippen LogP contribution in [0.5, 0.6) is 5.75 Å². The number of carbonyl (C=O) groups excluding carboxylic acids is 1. The summed E-state index contributed by atoms with van der Waals surface area (Å²) in [6.07, 6.45) is 6.02. The van der Waals surface area contributed by atoms with Gasteiger partial charge in [-0.15, -0.1) is 0 Å². The Kier molecular flexibility index (Phi) is 6.60. The van der Waals surface area contributed by atoms with Crippen LogP contribution in [0, 0.1) is 11.6 Å². The van der Waals surface area contributed by atoms with Gasteiger partial charge in [0.25, 0.3) is 5.91 Å². The van der Waals surface area contributed by atoms with E-state index in [1.54, 1.807) is 27.4 Å². The molecule has 1 aromatic carbocycles. The van der Waals surface area contributed by atoms with Crippen molar-refractivity contribution >= 4 is 34.3 Å². The minimum Gasteiger partial charge on any atom is -0.495 e. The summed E-state index contributed by atoms with van der Waals surface area (Å²) in [6, 6.07) is 7.95. The Balaban J connectivity index is 1.36. The van der Waals surface area contributed by atoms with Gasteiger partial charge in [0.1, 0.15) is 35.2 Å². The third-order valence-electron chi connectivity index (χ3n) is 6.58. The molecule has 192 valence electrons. The van der Waals surface area contributed by atoms with Gasteiger partial charge in [0, 0.05) is 45.0 Å². The average Bonchev–Trinajstić information content (AvgIpc) is 3.26. The van der Waals surface area contributed by atoms with E-state index in [4.69, 9.17) is 4.74 Å². The number of carbonyl (C=O) groups is 1. The van der Waals surface area contributed by atoms with Gasteiger partial charge in [0.15, 0.2) is 5.82 Å². The molecular weight excluding hydrogens is 480 g/mol. The van der Waals surface area contributed by atoms with E-state index in [1.165, 1.54) is 29.6 Å². The number of piperidine rings is 1. The molecule has 0 aliphatic carbocycles. The first-order chi connectivity index (χ1) is 17.9. The van der Waals surface area contributed by atoms with Crippen LogP contribution in [0.2, 0.25) is 0 Å². The summed E-state index contributed by atoms with van der Waals surface area (Å²) < 4.78 is 37.0. The van der Waals surface area contributed by atoms with Crippen LogP contribution in [-0.4, -0.2) is 64.6 Å². The Bertz CT molecular complexity index is 1430. The van der Waals surface area contributed by atoms with E-state index in [0.717, 1.165) is 37.8 Å². The summed E-state index contributed by atoms with van der Waals surface area (Å²) in [5.74, 6) is 0.293. The lowest BCUT2D eigenvalue weighted by molar-refractivity contribution is 0.0827. The summed E-state index contributed by atoms with van der Waals surface area (Å²) in [5, 5.41) is 3.06. The second kappa shape index (κ2) is 10.00. The normalized spacial score (nSPS) is 14.1. The Morgan fingerprint density at radius 3 is 2.51 bits per heavy atom. The number of rotatable bonds is 6. The number of methoxy groups -OCH3 is 1. The molecule has 0 unspecified atom stereocenters. The quantitative estimate of drug-likeness (QED) is 0.414. The fourth-order valence-electron chi connectivity index (χ4n) is 4.60. The number of hydrogen-bond acceptors (Lipinski definition) is 7. The molecule has 4 aromatic rings. The number of pyridine rings is 1. The molecule has 4 heterocycles. The lowest BCUT2D eigenvalue weighted by atomic mass is 10.0. The van der Waals surface area contributed by atoms with E-state index in [0.29, 0.717) is 11.4 Å². The van der Waals surface area contributed by atoms with Crippen LogP contribution in [0.1, 0.15) is 29.2 Å². The standard InChI is InChI=1S/C26H27F2N7O2/c1-33(2)26(36)16-4-6-21(19(27)12-16)32-24-23-20(28)14-35(25(23)31-15-30-24)17-8-10-34(11-9-17)22-7-5-18(37-3)13-29-22/h4-7,12-15,17H,8-11H2,1-3H3,(H,30,31,32). The van der Waals surface area contributed by atoms with Crippen molar-refractivity contribution in [3.05, 3.63) is 66.3 Å². The van der Waals surface area contributed by atoms with Crippen LogP contribution >= 0.6 is 0 Å². The van der Waals surface area contributed by atoms with Gasteiger partial charge < -0.3 is 24.4 Å². The molecule has 0 saturated carbocycles. The minimum atomic E-state index is -0.640. The van der Waals surface area contributed by atoms with Gasteiger partial charge in [0.05, 0.1) is 24.4 Å². The molecule has 0 spiro atoms. The van der Waals surface area contributed by atoms with Crippen LogP contribution < -0.4 is 15.0 Å². The molecule has 3 aromatic heterocycles. The highest BCUT2D eigenvalue weighted by Crippen LogP contribution is 2.33. The van der Waals surface area contributed by atoms with E-state index < -0.39 is 11.6 Å². The maximum Gasteiger partial charge on any atom is 0.253 e. The Morgan fingerprint density at radius 2 is 1.86 bits per heavy atom. The number of halogens is 2. The third-order valence-corrected chi connectivity index (χ3v) is 6.58.